The molecule has 0 aliphatic carbocycles. The highest BCUT2D eigenvalue weighted by atomic mass is 31.2. The van der Waals surface area contributed by atoms with Crippen LogP contribution in [0.2, 0.25) is 0 Å². The zero-order valence-corrected chi connectivity index (χ0v) is 10.9. The fourth-order valence-electron chi connectivity index (χ4n) is 1.68. The van der Waals surface area contributed by atoms with Crippen molar-refractivity contribution in [1.29, 1.82) is 0 Å². The second-order valence-electron chi connectivity index (χ2n) is 4.01. The van der Waals surface area contributed by atoms with E-state index in [0.717, 1.165) is 0 Å². The van der Waals surface area contributed by atoms with Crippen LogP contribution >= 0.6 is 7.60 Å². The smallest absolute Gasteiger partial charge is 0.351 e. The molecule has 10 nitrogen and oxygen atoms in total. The Labute approximate surface area is 107 Å². The Hall–Kier alpha value is -1.61. The van der Waals surface area contributed by atoms with Gasteiger partial charge in [-0.3, -0.25) is 14.3 Å². The maximum Gasteiger partial charge on any atom is 0.351 e. The Morgan fingerprint density at radius 1 is 1.63 bits per heavy atom. The summed E-state index contributed by atoms with van der Waals surface area (Å²) in [5.41, 5.74) is 5.29. The van der Waals surface area contributed by atoms with E-state index in [1.54, 1.807) is 6.92 Å². The molecule has 0 aromatic carbocycles. The Morgan fingerprint density at radius 2 is 2.32 bits per heavy atom. The van der Waals surface area contributed by atoms with Gasteiger partial charge < -0.3 is 30.5 Å². The Morgan fingerprint density at radius 3 is 2.95 bits per heavy atom. The van der Waals surface area contributed by atoms with Crippen LogP contribution in [0.5, 0.6) is 0 Å². The third-order valence-corrected chi connectivity index (χ3v) is 3.03. The van der Waals surface area contributed by atoms with Gasteiger partial charge >= 0.3 is 7.60 Å². The van der Waals surface area contributed by atoms with Crippen LogP contribution in [0.1, 0.15) is 6.92 Å². The van der Waals surface area contributed by atoms with Gasteiger partial charge in [0.2, 0.25) is 5.95 Å². The van der Waals surface area contributed by atoms with Crippen molar-refractivity contribution in [2.75, 3.05) is 29.0 Å². The number of hydrogen-bond donors (Lipinski definition) is 5. The van der Waals surface area contributed by atoms with Gasteiger partial charge in [-0.15, -0.1) is 0 Å². The van der Waals surface area contributed by atoms with Crippen molar-refractivity contribution in [2.24, 2.45) is 0 Å². The SMILES string of the molecule is CC(OCP(=O)(O)O)N1CNc2c1nc(N)[nH]c2=O. The summed E-state index contributed by atoms with van der Waals surface area (Å²) in [5.74, 6) is 0.249. The molecule has 2 heterocycles. The number of nitrogen functional groups attached to an aromatic ring is 1. The summed E-state index contributed by atoms with van der Waals surface area (Å²) in [6.45, 7) is 1.82. The number of H-pyrrole nitrogens is 1. The van der Waals surface area contributed by atoms with Gasteiger partial charge in [-0.2, -0.15) is 4.98 Å². The maximum atomic E-state index is 11.6. The molecule has 0 radical (unpaired) electrons. The molecule has 0 amide bonds. The van der Waals surface area contributed by atoms with E-state index < -0.39 is 25.7 Å². The molecule has 19 heavy (non-hydrogen) atoms. The molecule has 1 aromatic heterocycles. The standard InChI is InChI=1S/C8H14N5O5P/c1-4(18-3-19(15,16)17)13-2-10-5-6(13)11-8(9)12-7(5)14/h4,10H,2-3H2,1H3,(H2,15,16,17)(H3,9,11,12,14). The van der Waals surface area contributed by atoms with Crippen LogP contribution in [0, 0.1) is 0 Å². The summed E-state index contributed by atoms with van der Waals surface area (Å²) in [6.07, 6.45) is -1.38. The van der Waals surface area contributed by atoms with E-state index in [0.29, 0.717) is 5.82 Å². The number of aromatic amines is 1. The number of ether oxygens (including phenoxy) is 1. The van der Waals surface area contributed by atoms with Gasteiger partial charge in [-0.05, 0) is 6.92 Å². The lowest BCUT2D eigenvalue weighted by Crippen LogP contribution is -2.35. The van der Waals surface area contributed by atoms with E-state index in [1.807, 2.05) is 0 Å². The fourth-order valence-corrected chi connectivity index (χ4v) is 2.09. The van der Waals surface area contributed by atoms with Crippen molar-refractivity contribution in [2.45, 2.75) is 13.2 Å². The third kappa shape index (κ3) is 3.04. The predicted molar refractivity (Wildman–Crippen MR) is 67.7 cm³/mol. The van der Waals surface area contributed by atoms with Crippen LogP contribution in [-0.2, 0) is 9.30 Å². The number of nitrogens with two attached hydrogens (primary N) is 1. The van der Waals surface area contributed by atoms with Crippen molar-refractivity contribution in [3.63, 3.8) is 0 Å². The number of rotatable bonds is 4. The summed E-state index contributed by atoms with van der Waals surface area (Å²) < 4.78 is 15.8. The second kappa shape index (κ2) is 4.82. The molecular formula is C8H14N5O5P. The van der Waals surface area contributed by atoms with Crippen LogP contribution < -0.4 is 21.5 Å². The number of hydrogen-bond acceptors (Lipinski definition) is 7. The lowest BCUT2D eigenvalue weighted by molar-refractivity contribution is 0.0868. The highest BCUT2D eigenvalue weighted by Gasteiger charge is 2.29. The van der Waals surface area contributed by atoms with E-state index in [-0.39, 0.29) is 18.3 Å². The molecular weight excluding hydrogens is 277 g/mol. The largest absolute Gasteiger partial charge is 0.369 e. The van der Waals surface area contributed by atoms with Gasteiger partial charge in [0.05, 0.1) is 6.67 Å². The van der Waals surface area contributed by atoms with E-state index in [2.05, 4.69) is 15.3 Å². The summed E-state index contributed by atoms with van der Waals surface area (Å²) in [7, 11) is -4.25. The van der Waals surface area contributed by atoms with Gasteiger partial charge in [0.15, 0.2) is 12.2 Å². The summed E-state index contributed by atoms with van der Waals surface area (Å²) in [4.78, 5) is 36.9. The van der Waals surface area contributed by atoms with Gasteiger partial charge in [0.1, 0.15) is 11.9 Å². The van der Waals surface area contributed by atoms with Gasteiger partial charge in [-0.1, -0.05) is 0 Å². The minimum absolute atomic E-state index is 0.0420. The van der Waals surface area contributed by atoms with Crippen LogP contribution in [0.15, 0.2) is 4.79 Å². The van der Waals surface area contributed by atoms with Crippen molar-refractivity contribution < 1.29 is 19.1 Å². The molecule has 1 aliphatic rings. The fraction of sp³-hybridized carbons (Fsp3) is 0.500. The highest BCUT2D eigenvalue weighted by molar-refractivity contribution is 7.51. The topological polar surface area (TPSA) is 154 Å². The molecule has 2 rings (SSSR count). The van der Waals surface area contributed by atoms with Gasteiger partial charge in [0.25, 0.3) is 5.56 Å². The molecule has 1 unspecified atom stereocenters. The van der Waals surface area contributed by atoms with E-state index in [9.17, 15) is 9.36 Å². The van der Waals surface area contributed by atoms with Crippen LogP contribution in [0.25, 0.3) is 0 Å². The molecule has 1 atom stereocenters. The highest BCUT2D eigenvalue weighted by Crippen LogP contribution is 2.35. The molecule has 1 aliphatic heterocycles. The van der Waals surface area contributed by atoms with E-state index in [1.165, 1.54) is 4.90 Å². The molecule has 1 aromatic rings. The first kappa shape index (κ1) is 13.8. The number of nitrogens with one attached hydrogen (secondary N) is 2. The molecule has 0 saturated carbocycles. The number of aromatic nitrogens is 2. The normalized spacial score (nSPS) is 16.1. The summed E-state index contributed by atoms with van der Waals surface area (Å²) in [5, 5.41) is 2.81. The predicted octanol–water partition coefficient (Wildman–Crippen LogP) is -0.961. The zero-order valence-electron chi connectivity index (χ0n) is 10.0. The lowest BCUT2D eigenvalue weighted by atomic mass is 10.4. The number of anilines is 3. The average Bonchev–Trinajstić information content (AvgIpc) is 2.68. The van der Waals surface area contributed by atoms with Crippen molar-refractivity contribution in [3.8, 4) is 0 Å². The Kier molecular flexibility index (Phi) is 3.50. The Bertz CT molecular complexity index is 583. The molecule has 11 heteroatoms. The minimum atomic E-state index is -4.25. The first-order valence-corrected chi connectivity index (χ1v) is 7.14. The van der Waals surface area contributed by atoms with Gasteiger partial charge in [0, 0.05) is 0 Å². The number of nitrogens with zero attached hydrogens (tertiary/aromatic N) is 2. The first-order valence-electron chi connectivity index (χ1n) is 5.34. The quantitative estimate of drug-likeness (QED) is 0.441. The molecule has 0 fully saturated rings. The van der Waals surface area contributed by atoms with Crippen LogP contribution in [0.3, 0.4) is 0 Å². The summed E-state index contributed by atoms with van der Waals surface area (Å²) in [6, 6.07) is 0. The summed E-state index contributed by atoms with van der Waals surface area (Å²) >= 11 is 0. The molecule has 106 valence electrons. The van der Waals surface area contributed by atoms with E-state index in [4.69, 9.17) is 20.3 Å². The van der Waals surface area contributed by atoms with Crippen molar-refractivity contribution >= 4 is 25.0 Å². The van der Waals surface area contributed by atoms with E-state index >= 15 is 0 Å². The zero-order chi connectivity index (χ0) is 14.2. The molecule has 0 spiro atoms. The third-order valence-electron chi connectivity index (χ3n) is 2.54. The van der Waals surface area contributed by atoms with Crippen molar-refractivity contribution in [1.82, 2.24) is 9.97 Å². The monoisotopic (exact) mass is 291 g/mol. The number of fused-ring (bicyclic) bond motifs is 1. The molecule has 0 bridgehead atoms. The first-order chi connectivity index (χ1) is 8.78. The van der Waals surface area contributed by atoms with Gasteiger partial charge in [-0.25, -0.2) is 0 Å². The Balaban J connectivity index is 2.18. The average molecular weight is 291 g/mol. The second-order valence-corrected chi connectivity index (χ2v) is 5.60. The molecule has 6 N–H and O–H groups in total. The van der Waals surface area contributed by atoms with Crippen LogP contribution in [-0.4, -0.2) is 39.0 Å². The van der Waals surface area contributed by atoms with Crippen LogP contribution in [0.4, 0.5) is 17.5 Å². The lowest BCUT2D eigenvalue weighted by Gasteiger charge is -2.25. The molecule has 0 saturated heterocycles. The minimum Gasteiger partial charge on any atom is -0.369 e. The maximum absolute atomic E-state index is 11.6. The van der Waals surface area contributed by atoms with Crippen molar-refractivity contribution in [3.05, 3.63) is 10.4 Å².